The van der Waals surface area contributed by atoms with Gasteiger partial charge in [0.05, 0.1) is 10.2 Å². The van der Waals surface area contributed by atoms with Crippen molar-refractivity contribution in [2.24, 2.45) is 0 Å². The van der Waals surface area contributed by atoms with E-state index in [2.05, 4.69) is 181 Å². The highest BCUT2D eigenvalue weighted by atomic mass is 32.1. The molecule has 0 aliphatic rings. The highest BCUT2D eigenvalue weighted by Crippen LogP contribution is 2.42. The summed E-state index contributed by atoms with van der Waals surface area (Å²) in [5.41, 5.74) is 11.7. The molecule has 51 heavy (non-hydrogen) atoms. The Hall–Kier alpha value is -6.49. The number of aromatic nitrogens is 1. The lowest BCUT2D eigenvalue weighted by molar-refractivity contribution is 0.669. The fourth-order valence-electron chi connectivity index (χ4n) is 7.20. The summed E-state index contributed by atoms with van der Waals surface area (Å²) in [4.78, 5) is 7.28. The van der Waals surface area contributed by atoms with E-state index in [0.29, 0.717) is 0 Å². The van der Waals surface area contributed by atoms with Gasteiger partial charge in [0.1, 0.15) is 16.2 Å². The summed E-state index contributed by atoms with van der Waals surface area (Å²) in [7, 11) is 0. The fraction of sp³-hybridized carbons (Fsp3) is 0. The Labute approximate surface area is 299 Å². The van der Waals surface area contributed by atoms with Crippen LogP contribution in [0.2, 0.25) is 0 Å². The normalized spacial score (nSPS) is 11.5. The molecule has 0 atom stereocenters. The molecule has 4 heteroatoms. The maximum Gasteiger partial charge on any atom is 0.137 e. The Morgan fingerprint density at radius 3 is 1.92 bits per heavy atom. The maximum atomic E-state index is 6.59. The Morgan fingerprint density at radius 2 is 1.08 bits per heavy atom. The molecule has 0 amide bonds. The third-order valence-corrected chi connectivity index (χ3v) is 10.7. The Bertz CT molecular complexity index is 2850. The number of thiazole rings is 1. The SMILES string of the molecule is c1ccc(-c2ccc(N(c3cccc(-c4cccc5ccccc45)c3)c3ccc4c(c3)oc3cc5nc(-c6ccccc6)sc5cc34)cc2)cc1. The van der Waals surface area contributed by atoms with Crippen LogP contribution in [0, 0.1) is 0 Å². The second kappa shape index (κ2) is 12.1. The predicted octanol–water partition coefficient (Wildman–Crippen LogP) is 13.8. The van der Waals surface area contributed by atoms with Crippen molar-refractivity contribution in [2.75, 3.05) is 4.90 Å². The lowest BCUT2D eigenvalue weighted by atomic mass is 9.97. The Balaban J connectivity index is 1.10. The Morgan fingerprint density at radius 1 is 0.431 bits per heavy atom. The molecule has 0 unspecified atom stereocenters. The zero-order valence-corrected chi connectivity index (χ0v) is 28.3. The van der Waals surface area contributed by atoms with Gasteiger partial charge in [-0.2, -0.15) is 0 Å². The van der Waals surface area contributed by atoms with Gasteiger partial charge in [-0.05, 0) is 75.5 Å². The molecule has 8 aromatic carbocycles. The molecular formula is C47H30N2OS. The zero-order valence-electron chi connectivity index (χ0n) is 27.5. The van der Waals surface area contributed by atoms with Crippen LogP contribution in [0.5, 0.6) is 0 Å². The van der Waals surface area contributed by atoms with Gasteiger partial charge in [-0.25, -0.2) is 4.98 Å². The van der Waals surface area contributed by atoms with E-state index in [1.54, 1.807) is 11.3 Å². The zero-order chi connectivity index (χ0) is 33.7. The lowest BCUT2D eigenvalue weighted by Crippen LogP contribution is -2.10. The number of furan rings is 1. The van der Waals surface area contributed by atoms with Crippen LogP contribution >= 0.6 is 11.3 Å². The van der Waals surface area contributed by atoms with Gasteiger partial charge >= 0.3 is 0 Å². The molecule has 0 aliphatic heterocycles. The maximum absolute atomic E-state index is 6.59. The van der Waals surface area contributed by atoms with E-state index in [1.165, 1.54) is 33.0 Å². The third kappa shape index (κ3) is 5.25. The molecule has 0 bridgehead atoms. The average Bonchev–Trinajstić information content (AvgIpc) is 3.78. The lowest BCUT2D eigenvalue weighted by Gasteiger charge is -2.26. The van der Waals surface area contributed by atoms with Crippen LogP contribution in [0.4, 0.5) is 17.1 Å². The predicted molar refractivity (Wildman–Crippen MR) is 215 cm³/mol. The van der Waals surface area contributed by atoms with Crippen LogP contribution < -0.4 is 4.90 Å². The van der Waals surface area contributed by atoms with E-state index in [9.17, 15) is 0 Å². The summed E-state index contributed by atoms with van der Waals surface area (Å²) >= 11 is 1.72. The minimum absolute atomic E-state index is 0.844. The molecule has 0 fully saturated rings. The van der Waals surface area contributed by atoms with Crippen molar-refractivity contribution in [3.63, 3.8) is 0 Å². The summed E-state index contributed by atoms with van der Waals surface area (Å²) in [5.74, 6) is 0. The number of benzene rings is 8. The number of nitrogens with zero attached hydrogens (tertiary/aromatic N) is 2. The molecule has 2 heterocycles. The van der Waals surface area contributed by atoms with Crippen molar-refractivity contribution in [2.45, 2.75) is 0 Å². The average molecular weight is 671 g/mol. The van der Waals surface area contributed by atoms with Crippen LogP contribution in [-0.2, 0) is 0 Å². The highest BCUT2D eigenvalue weighted by molar-refractivity contribution is 7.21. The van der Waals surface area contributed by atoms with Crippen LogP contribution in [0.1, 0.15) is 0 Å². The summed E-state index contributed by atoms with van der Waals surface area (Å²) in [6.45, 7) is 0. The van der Waals surface area contributed by atoms with Crippen LogP contribution in [-0.4, -0.2) is 4.98 Å². The van der Waals surface area contributed by atoms with E-state index in [0.717, 1.165) is 59.8 Å². The number of hydrogen-bond donors (Lipinski definition) is 0. The topological polar surface area (TPSA) is 29.3 Å². The van der Waals surface area contributed by atoms with E-state index in [4.69, 9.17) is 9.40 Å². The van der Waals surface area contributed by atoms with Gasteiger partial charge in [-0.1, -0.05) is 127 Å². The fourth-order valence-corrected chi connectivity index (χ4v) is 8.19. The summed E-state index contributed by atoms with van der Waals surface area (Å²) in [6.07, 6.45) is 0. The van der Waals surface area contributed by atoms with Crippen molar-refractivity contribution in [1.82, 2.24) is 4.98 Å². The number of rotatable bonds is 6. The summed E-state index contributed by atoms with van der Waals surface area (Å²) in [5, 5.41) is 5.68. The van der Waals surface area contributed by atoms with Crippen LogP contribution in [0.25, 0.3) is 75.8 Å². The van der Waals surface area contributed by atoms with Crippen LogP contribution in [0.3, 0.4) is 0 Å². The minimum atomic E-state index is 0.844. The summed E-state index contributed by atoms with van der Waals surface area (Å²) < 4.78 is 7.75. The third-order valence-electron chi connectivity index (χ3n) is 9.68. The first-order valence-electron chi connectivity index (χ1n) is 17.1. The van der Waals surface area contributed by atoms with Crippen molar-refractivity contribution in [3.8, 4) is 32.8 Å². The molecule has 0 spiro atoms. The van der Waals surface area contributed by atoms with Gasteiger partial charge in [0.15, 0.2) is 0 Å². The van der Waals surface area contributed by atoms with E-state index in [-0.39, 0.29) is 0 Å². The molecule has 2 aromatic heterocycles. The largest absolute Gasteiger partial charge is 0.456 e. The molecule has 3 nitrogen and oxygen atoms in total. The monoisotopic (exact) mass is 670 g/mol. The van der Waals surface area contributed by atoms with Crippen LogP contribution in [0.15, 0.2) is 186 Å². The van der Waals surface area contributed by atoms with Gasteiger partial charge in [0.25, 0.3) is 0 Å². The molecule has 10 aromatic rings. The molecule has 0 saturated carbocycles. The molecule has 0 aliphatic carbocycles. The molecule has 240 valence electrons. The quantitative estimate of drug-likeness (QED) is 0.176. The van der Waals surface area contributed by atoms with Crippen molar-refractivity contribution >= 4 is 71.3 Å². The van der Waals surface area contributed by atoms with Gasteiger partial charge in [-0.3, -0.25) is 0 Å². The molecule has 0 saturated heterocycles. The first kappa shape index (κ1) is 29.4. The second-order valence-corrected chi connectivity index (χ2v) is 13.8. The molecule has 0 N–H and O–H groups in total. The van der Waals surface area contributed by atoms with Gasteiger partial charge in [-0.15, -0.1) is 11.3 Å². The minimum Gasteiger partial charge on any atom is -0.456 e. The van der Waals surface area contributed by atoms with Crippen molar-refractivity contribution in [1.29, 1.82) is 0 Å². The first-order chi connectivity index (χ1) is 25.2. The first-order valence-corrected chi connectivity index (χ1v) is 17.9. The standard InChI is InChI=1S/C47H30N2OS/c1-3-11-31(12-4-1)32-21-23-36(24-22-32)49(37-18-9-17-35(27-37)40-20-10-16-33-13-7-8-19-39(33)40)38-25-26-41-42-29-46-43(30-45(42)50-44(41)28-38)48-47(51-46)34-14-5-2-6-15-34/h1-30H. The second-order valence-electron chi connectivity index (χ2n) is 12.8. The molecule has 0 radical (unpaired) electrons. The Kier molecular flexibility index (Phi) is 7.00. The van der Waals surface area contributed by atoms with E-state index in [1.807, 2.05) is 6.07 Å². The van der Waals surface area contributed by atoms with Gasteiger partial charge < -0.3 is 9.32 Å². The van der Waals surface area contributed by atoms with E-state index >= 15 is 0 Å². The smallest absolute Gasteiger partial charge is 0.137 e. The van der Waals surface area contributed by atoms with E-state index < -0.39 is 0 Å². The molecule has 10 rings (SSSR count). The molecular weight excluding hydrogens is 641 g/mol. The summed E-state index contributed by atoms with van der Waals surface area (Å²) in [6, 6.07) is 64.5. The van der Waals surface area contributed by atoms with Gasteiger partial charge in [0.2, 0.25) is 0 Å². The van der Waals surface area contributed by atoms with Gasteiger partial charge in [0, 0.05) is 45.5 Å². The highest BCUT2D eigenvalue weighted by Gasteiger charge is 2.18. The number of hydrogen-bond acceptors (Lipinski definition) is 4. The number of fused-ring (bicyclic) bond motifs is 5. The number of anilines is 3. The van der Waals surface area contributed by atoms with Crippen molar-refractivity contribution < 1.29 is 4.42 Å². The van der Waals surface area contributed by atoms with Crippen molar-refractivity contribution in [3.05, 3.63) is 182 Å².